The van der Waals surface area contributed by atoms with Crippen LogP contribution in [0.1, 0.15) is 57.9 Å². The van der Waals surface area contributed by atoms with E-state index in [0.717, 1.165) is 25.1 Å². The van der Waals surface area contributed by atoms with Crippen LogP contribution in [0.4, 0.5) is 4.39 Å². The molecule has 1 unspecified atom stereocenters. The molecular weight excluding hydrogens is 249 g/mol. The lowest BCUT2D eigenvalue weighted by Crippen LogP contribution is -2.25. The summed E-state index contributed by atoms with van der Waals surface area (Å²) >= 11 is 0. The molecule has 20 heavy (non-hydrogen) atoms. The summed E-state index contributed by atoms with van der Waals surface area (Å²) < 4.78 is 13.3. The number of hydrogen-bond donors (Lipinski definition) is 1. The molecule has 0 saturated heterocycles. The second-order valence-electron chi connectivity index (χ2n) is 5.75. The summed E-state index contributed by atoms with van der Waals surface area (Å²) in [6.07, 6.45) is 8.62. The molecule has 1 rings (SSSR count). The van der Waals surface area contributed by atoms with Gasteiger partial charge in [0.25, 0.3) is 0 Å². The van der Waals surface area contributed by atoms with Gasteiger partial charge in [-0.05, 0) is 56.0 Å². The summed E-state index contributed by atoms with van der Waals surface area (Å²) in [4.78, 5) is 0. The Morgan fingerprint density at radius 1 is 1.10 bits per heavy atom. The molecule has 0 amide bonds. The minimum absolute atomic E-state index is 0.117. The minimum atomic E-state index is -0.117. The van der Waals surface area contributed by atoms with Crippen LogP contribution in [0.3, 0.4) is 0 Å². The number of benzene rings is 1. The lowest BCUT2D eigenvalue weighted by atomic mass is 9.93. The molecule has 0 saturated carbocycles. The lowest BCUT2D eigenvalue weighted by Gasteiger charge is -2.18. The van der Waals surface area contributed by atoms with Crippen LogP contribution in [-0.2, 0) is 6.42 Å². The van der Waals surface area contributed by atoms with Gasteiger partial charge in [-0.25, -0.2) is 4.39 Å². The summed E-state index contributed by atoms with van der Waals surface area (Å²) in [5.74, 6) is 0.508. The zero-order chi connectivity index (χ0) is 14.6. The first-order valence-electron chi connectivity index (χ1n) is 8.21. The van der Waals surface area contributed by atoms with E-state index in [1.165, 1.54) is 44.6 Å². The quantitative estimate of drug-likeness (QED) is 0.565. The molecule has 1 aromatic rings. The fourth-order valence-electron chi connectivity index (χ4n) is 2.62. The molecule has 0 aromatic heterocycles. The second-order valence-corrected chi connectivity index (χ2v) is 5.75. The van der Waals surface area contributed by atoms with Gasteiger partial charge in [0.1, 0.15) is 5.82 Å². The van der Waals surface area contributed by atoms with Crippen LogP contribution in [0.15, 0.2) is 24.3 Å². The third-order valence-electron chi connectivity index (χ3n) is 3.74. The SMILES string of the molecule is CCCCCCC(CNCCC)Cc1cccc(F)c1. The molecule has 0 aliphatic rings. The van der Waals surface area contributed by atoms with E-state index >= 15 is 0 Å². The van der Waals surface area contributed by atoms with Gasteiger partial charge >= 0.3 is 0 Å². The van der Waals surface area contributed by atoms with Gasteiger partial charge in [0.15, 0.2) is 0 Å². The molecule has 1 atom stereocenters. The second kappa shape index (κ2) is 10.8. The number of halogens is 1. The average Bonchev–Trinajstić information content (AvgIpc) is 2.43. The van der Waals surface area contributed by atoms with Gasteiger partial charge in [-0.2, -0.15) is 0 Å². The topological polar surface area (TPSA) is 12.0 Å². The number of unbranched alkanes of at least 4 members (excludes halogenated alkanes) is 3. The lowest BCUT2D eigenvalue weighted by molar-refractivity contribution is 0.421. The van der Waals surface area contributed by atoms with E-state index in [-0.39, 0.29) is 5.82 Å². The zero-order valence-corrected chi connectivity index (χ0v) is 13.1. The van der Waals surface area contributed by atoms with E-state index in [4.69, 9.17) is 0 Å². The van der Waals surface area contributed by atoms with Crippen molar-refractivity contribution in [3.05, 3.63) is 35.6 Å². The van der Waals surface area contributed by atoms with Crippen molar-refractivity contribution < 1.29 is 4.39 Å². The van der Waals surface area contributed by atoms with Crippen molar-refractivity contribution in [1.82, 2.24) is 5.32 Å². The van der Waals surface area contributed by atoms with Crippen LogP contribution < -0.4 is 5.32 Å². The van der Waals surface area contributed by atoms with Crippen LogP contribution in [0.5, 0.6) is 0 Å². The molecule has 1 aromatic carbocycles. The van der Waals surface area contributed by atoms with Crippen LogP contribution in [0.25, 0.3) is 0 Å². The highest BCUT2D eigenvalue weighted by molar-refractivity contribution is 5.16. The fourth-order valence-corrected chi connectivity index (χ4v) is 2.62. The van der Waals surface area contributed by atoms with E-state index < -0.39 is 0 Å². The molecule has 1 nitrogen and oxygen atoms in total. The first-order valence-corrected chi connectivity index (χ1v) is 8.21. The summed E-state index contributed by atoms with van der Waals surface area (Å²) in [7, 11) is 0. The van der Waals surface area contributed by atoms with Crippen molar-refractivity contribution in [3.63, 3.8) is 0 Å². The molecule has 1 N–H and O–H groups in total. The molecule has 0 aliphatic carbocycles. The van der Waals surface area contributed by atoms with Crippen LogP contribution in [0, 0.1) is 11.7 Å². The molecule has 0 radical (unpaired) electrons. The first kappa shape index (κ1) is 17.2. The highest BCUT2D eigenvalue weighted by atomic mass is 19.1. The summed E-state index contributed by atoms with van der Waals surface area (Å²) in [6.45, 7) is 6.56. The minimum Gasteiger partial charge on any atom is -0.316 e. The third kappa shape index (κ3) is 7.64. The van der Waals surface area contributed by atoms with E-state index in [0.29, 0.717) is 5.92 Å². The van der Waals surface area contributed by atoms with Gasteiger partial charge in [0, 0.05) is 0 Å². The van der Waals surface area contributed by atoms with Gasteiger partial charge < -0.3 is 5.32 Å². The van der Waals surface area contributed by atoms with E-state index in [1.807, 2.05) is 12.1 Å². The smallest absolute Gasteiger partial charge is 0.123 e. The Morgan fingerprint density at radius 3 is 2.65 bits per heavy atom. The zero-order valence-electron chi connectivity index (χ0n) is 13.1. The van der Waals surface area contributed by atoms with Crippen molar-refractivity contribution in [2.45, 2.75) is 58.8 Å². The van der Waals surface area contributed by atoms with Crippen LogP contribution in [-0.4, -0.2) is 13.1 Å². The summed E-state index contributed by atoms with van der Waals surface area (Å²) in [6, 6.07) is 7.06. The molecule has 0 bridgehead atoms. The van der Waals surface area contributed by atoms with Gasteiger partial charge in [-0.15, -0.1) is 0 Å². The van der Waals surface area contributed by atoms with Gasteiger partial charge in [0.05, 0.1) is 0 Å². The Labute approximate surface area is 124 Å². The van der Waals surface area contributed by atoms with Crippen LogP contribution in [0.2, 0.25) is 0 Å². The molecule has 2 heteroatoms. The number of hydrogen-bond acceptors (Lipinski definition) is 1. The third-order valence-corrected chi connectivity index (χ3v) is 3.74. The Morgan fingerprint density at radius 2 is 1.95 bits per heavy atom. The Kier molecular flexibility index (Phi) is 9.31. The highest BCUT2D eigenvalue weighted by Crippen LogP contribution is 2.17. The predicted octanol–water partition coefficient (Wildman–Crippen LogP) is 4.95. The highest BCUT2D eigenvalue weighted by Gasteiger charge is 2.10. The Hall–Kier alpha value is -0.890. The van der Waals surface area contributed by atoms with Gasteiger partial charge in [-0.1, -0.05) is 51.7 Å². The molecule has 114 valence electrons. The van der Waals surface area contributed by atoms with Crippen LogP contribution >= 0.6 is 0 Å². The van der Waals surface area contributed by atoms with E-state index in [9.17, 15) is 4.39 Å². The molecule has 0 fully saturated rings. The average molecular weight is 279 g/mol. The van der Waals surface area contributed by atoms with Gasteiger partial charge in [-0.3, -0.25) is 0 Å². The van der Waals surface area contributed by atoms with Crippen molar-refractivity contribution in [2.24, 2.45) is 5.92 Å². The van der Waals surface area contributed by atoms with E-state index in [1.54, 1.807) is 6.07 Å². The Balaban J connectivity index is 2.43. The maximum absolute atomic E-state index is 13.3. The maximum Gasteiger partial charge on any atom is 0.123 e. The molecule has 0 heterocycles. The van der Waals surface area contributed by atoms with Gasteiger partial charge in [0.2, 0.25) is 0 Å². The van der Waals surface area contributed by atoms with E-state index in [2.05, 4.69) is 19.2 Å². The predicted molar refractivity (Wildman–Crippen MR) is 85.5 cm³/mol. The molecular formula is C18H30FN. The monoisotopic (exact) mass is 279 g/mol. The summed E-state index contributed by atoms with van der Waals surface area (Å²) in [5.41, 5.74) is 1.13. The van der Waals surface area contributed by atoms with Crippen molar-refractivity contribution >= 4 is 0 Å². The molecule has 0 spiro atoms. The normalized spacial score (nSPS) is 12.6. The maximum atomic E-state index is 13.3. The van der Waals surface area contributed by atoms with Crippen molar-refractivity contribution in [2.75, 3.05) is 13.1 Å². The largest absolute Gasteiger partial charge is 0.316 e. The van der Waals surface area contributed by atoms with Crippen molar-refractivity contribution in [1.29, 1.82) is 0 Å². The fraction of sp³-hybridized carbons (Fsp3) is 0.667. The number of nitrogens with one attached hydrogen (secondary N) is 1. The van der Waals surface area contributed by atoms with Crippen molar-refractivity contribution in [3.8, 4) is 0 Å². The first-order chi connectivity index (χ1) is 9.76. The Bertz CT molecular complexity index is 351. The number of rotatable bonds is 11. The molecule has 0 aliphatic heterocycles. The summed E-state index contributed by atoms with van der Waals surface area (Å²) in [5, 5.41) is 3.52. The standard InChI is InChI=1S/C18H30FN/c1-3-5-6-7-9-17(15-20-12-4-2)13-16-10-8-11-18(19)14-16/h8,10-11,14,17,20H,3-7,9,12-13,15H2,1-2H3.